The van der Waals surface area contributed by atoms with Gasteiger partial charge in [-0.15, -0.1) is 0 Å². The van der Waals surface area contributed by atoms with E-state index >= 15 is 0 Å². The predicted octanol–water partition coefficient (Wildman–Crippen LogP) is 5.39. The van der Waals surface area contributed by atoms with Crippen molar-refractivity contribution in [3.8, 4) is 6.01 Å². The first-order valence-corrected chi connectivity index (χ1v) is 8.77. The summed E-state index contributed by atoms with van der Waals surface area (Å²) >= 11 is 0. The van der Waals surface area contributed by atoms with Crippen LogP contribution in [0, 0.1) is 0 Å². The van der Waals surface area contributed by atoms with Crippen molar-refractivity contribution in [1.29, 1.82) is 0 Å². The molecule has 142 valence electrons. The minimum absolute atomic E-state index is 0.0484. The Labute approximate surface area is 152 Å². The normalized spacial score (nSPS) is 11.5. The van der Waals surface area contributed by atoms with Gasteiger partial charge in [-0.2, -0.15) is 18.2 Å². The average molecular weight is 367 g/mol. The summed E-state index contributed by atoms with van der Waals surface area (Å²) in [6, 6.07) is 7.39. The van der Waals surface area contributed by atoms with Gasteiger partial charge in [0.05, 0.1) is 6.61 Å². The highest BCUT2D eigenvalue weighted by atomic mass is 19.4. The Kier molecular flexibility index (Phi) is 6.83. The fourth-order valence-corrected chi connectivity index (χ4v) is 2.61. The second-order valence-electron chi connectivity index (χ2n) is 6.03. The highest BCUT2D eigenvalue weighted by Gasteiger charge is 2.37. The molecule has 2 rings (SSSR count). The van der Waals surface area contributed by atoms with Gasteiger partial charge in [0.1, 0.15) is 5.56 Å². The molecule has 4 nitrogen and oxygen atoms in total. The zero-order valence-corrected chi connectivity index (χ0v) is 15.3. The second kappa shape index (κ2) is 8.87. The minimum atomic E-state index is -4.55. The molecule has 0 unspecified atom stereocenters. The molecule has 0 saturated heterocycles. The highest BCUT2D eigenvalue weighted by molar-refractivity contribution is 5.66. The van der Waals surface area contributed by atoms with Crippen molar-refractivity contribution >= 4 is 11.5 Å². The van der Waals surface area contributed by atoms with E-state index in [0.29, 0.717) is 12.3 Å². The summed E-state index contributed by atoms with van der Waals surface area (Å²) in [7, 11) is 1.59. The first-order chi connectivity index (χ1) is 12.4. The summed E-state index contributed by atoms with van der Waals surface area (Å²) in [4.78, 5) is 9.22. The fraction of sp³-hybridized carbons (Fsp3) is 0.474. The molecule has 1 heterocycles. The maximum atomic E-state index is 13.5. The van der Waals surface area contributed by atoms with Gasteiger partial charge < -0.3 is 9.64 Å². The molecular formula is C19H24F3N3O. The lowest BCUT2D eigenvalue weighted by Gasteiger charge is -2.24. The standard InChI is InChI=1S/C19H24F3N3O/c1-4-6-9-14-10-7-8-11-16(14)25(3)17-15(19(20,21)22)13-23-18(24-17)26-12-5-2/h7-8,10-11,13H,4-6,9,12H2,1-3H3. The Morgan fingerprint density at radius 2 is 1.85 bits per heavy atom. The molecule has 7 heteroatoms. The first-order valence-electron chi connectivity index (χ1n) is 8.77. The molecule has 0 radical (unpaired) electrons. The molecular weight excluding hydrogens is 343 g/mol. The van der Waals surface area contributed by atoms with Gasteiger partial charge in [-0.05, 0) is 30.9 Å². The lowest BCUT2D eigenvalue weighted by atomic mass is 10.1. The number of ether oxygens (including phenoxy) is 1. The van der Waals surface area contributed by atoms with E-state index in [9.17, 15) is 13.2 Å². The monoisotopic (exact) mass is 367 g/mol. The maximum Gasteiger partial charge on any atom is 0.421 e. The molecule has 1 aromatic heterocycles. The summed E-state index contributed by atoms with van der Waals surface area (Å²) in [5.41, 5.74) is 0.806. The van der Waals surface area contributed by atoms with Gasteiger partial charge in [0.2, 0.25) is 0 Å². The maximum absolute atomic E-state index is 13.5. The quantitative estimate of drug-likeness (QED) is 0.627. The van der Waals surface area contributed by atoms with Gasteiger partial charge in [0.25, 0.3) is 0 Å². The summed E-state index contributed by atoms with van der Waals surface area (Å²) < 4.78 is 45.7. The molecule has 0 amide bonds. The van der Waals surface area contributed by atoms with Crippen molar-refractivity contribution in [2.24, 2.45) is 0 Å². The zero-order chi connectivity index (χ0) is 19.2. The topological polar surface area (TPSA) is 38.2 Å². The highest BCUT2D eigenvalue weighted by Crippen LogP contribution is 2.38. The Balaban J connectivity index is 2.47. The van der Waals surface area contributed by atoms with Crippen molar-refractivity contribution in [3.63, 3.8) is 0 Å². The van der Waals surface area contributed by atoms with Crippen LogP contribution in [0.15, 0.2) is 30.5 Å². The predicted molar refractivity (Wildman–Crippen MR) is 95.9 cm³/mol. The van der Waals surface area contributed by atoms with Crippen molar-refractivity contribution in [2.75, 3.05) is 18.6 Å². The fourth-order valence-electron chi connectivity index (χ4n) is 2.61. The van der Waals surface area contributed by atoms with Gasteiger partial charge in [-0.1, -0.05) is 38.5 Å². The Morgan fingerprint density at radius 3 is 2.50 bits per heavy atom. The molecule has 2 aromatic rings. The van der Waals surface area contributed by atoms with E-state index in [-0.39, 0.29) is 11.8 Å². The van der Waals surface area contributed by atoms with Crippen molar-refractivity contribution < 1.29 is 17.9 Å². The number of hydrogen-bond acceptors (Lipinski definition) is 4. The van der Waals surface area contributed by atoms with Crippen molar-refractivity contribution in [3.05, 3.63) is 41.6 Å². The van der Waals surface area contributed by atoms with E-state index in [2.05, 4.69) is 16.9 Å². The summed E-state index contributed by atoms with van der Waals surface area (Å²) in [6.45, 7) is 4.33. The molecule has 26 heavy (non-hydrogen) atoms. The molecule has 0 aliphatic rings. The molecule has 0 N–H and O–H groups in total. The van der Waals surface area contributed by atoms with Crippen LogP contribution in [0.25, 0.3) is 0 Å². The van der Waals surface area contributed by atoms with E-state index in [1.165, 1.54) is 4.90 Å². The molecule has 0 atom stereocenters. The van der Waals surface area contributed by atoms with Gasteiger partial charge in [0, 0.05) is 18.9 Å². The van der Waals surface area contributed by atoms with Crippen LogP contribution in [0.5, 0.6) is 6.01 Å². The minimum Gasteiger partial charge on any atom is -0.463 e. The van der Waals surface area contributed by atoms with Crippen LogP contribution in [-0.2, 0) is 12.6 Å². The number of alkyl halides is 3. The molecule has 0 spiro atoms. The number of nitrogens with zero attached hydrogens (tertiary/aromatic N) is 3. The number of rotatable bonds is 8. The lowest BCUT2D eigenvalue weighted by Crippen LogP contribution is -2.20. The second-order valence-corrected chi connectivity index (χ2v) is 6.03. The van der Waals surface area contributed by atoms with Crippen LogP contribution < -0.4 is 9.64 Å². The van der Waals surface area contributed by atoms with Gasteiger partial charge in [0.15, 0.2) is 5.82 Å². The molecule has 0 bridgehead atoms. The van der Waals surface area contributed by atoms with Crippen LogP contribution >= 0.6 is 0 Å². The zero-order valence-electron chi connectivity index (χ0n) is 15.3. The number of aromatic nitrogens is 2. The van der Waals surface area contributed by atoms with Crippen LogP contribution in [0.1, 0.15) is 44.2 Å². The van der Waals surface area contributed by atoms with Crippen LogP contribution in [0.3, 0.4) is 0 Å². The number of benzene rings is 1. The Bertz CT molecular complexity index is 719. The van der Waals surface area contributed by atoms with Crippen LogP contribution in [-0.4, -0.2) is 23.6 Å². The largest absolute Gasteiger partial charge is 0.463 e. The summed E-state index contributed by atoms with van der Waals surface area (Å²) in [6.07, 6.45) is -0.276. The van der Waals surface area contributed by atoms with Gasteiger partial charge in [-0.25, -0.2) is 4.98 Å². The third-order valence-corrected chi connectivity index (χ3v) is 3.96. The van der Waals surface area contributed by atoms with E-state index in [1.54, 1.807) is 13.1 Å². The molecule has 0 aliphatic carbocycles. The number of unbranched alkanes of at least 4 members (excludes halogenated alkanes) is 1. The van der Waals surface area contributed by atoms with Crippen molar-refractivity contribution in [1.82, 2.24) is 9.97 Å². The first kappa shape index (κ1) is 20.0. The third-order valence-electron chi connectivity index (χ3n) is 3.96. The SMILES string of the molecule is CCCCc1ccccc1N(C)c1nc(OCCC)ncc1C(F)(F)F. The third kappa shape index (κ3) is 4.86. The Hall–Kier alpha value is -2.31. The van der Waals surface area contributed by atoms with Crippen LogP contribution in [0.4, 0.5) is 24.7 Å². The number of hydrogen-bond donors (Lipinski definition) is 0. The average Bonchev–Trinajstić information content (AvgIpc) is 2.63. The molecule has 0 fully saturated rings. The number of aryl methyl sites for hydroxylation is 1. The Morgan fingerprint density at radius 1 is 1.12 bits per heavy atom. The summed E-state index contributed by atoms with van der Waals surface area (Å²) in [5, 5.41) is 0. The lowest BCUT2D eigenvalue weighted by molar-refractivity contribution is -0.137. The van der Waals surface area contributed by atoms with Gasteiger partial charge in [-0.3, -0.25) is 0 Å². The van der Waals surface area contributed by atoms with E-state index in [1.807, 2.05) is 25.1 Å². The number of halogens is 3. The number of para-hydroxylation sites is 1. The number of anilines is 2. The van der Waals surface area contributed by atoms with Crippen LogP contribution in [0.2, 0.25) is 0 Å². The smallest absolute Gasteiger partial charge is 0.421 e. The van der Waals surface area contributed by atoms with E-state index in [4.69, 9.17) is 4.74 Å². The van der Waals surface area contributed by atoms with E-state index < -0.39 is 11.7 Å². The van der Waals surface area contributed by atoms with Gasteiger partial charge >= 0.3 is 12.2 Å². The molecule has 0 saturated carbocycles. The van der Waals surface area contributed by atoms with E-state index in [0.717, 1.165) is 37.4 Å². The van der Waals surface area contributed by atoms with Crippen molar-refractivity contribution in [2.45, 2.75) is 45.7 Å². The summed E-state index contributed by atoms with van der Waals surface area (Å²) in [5.74, 6) is -0.206. The molecule has 1 aromatic carbocycles. The molecule has 0 aliphatic heterocycles.